The molecule has 0 spiro atoms. The second-order valence-corrected chi connectivity index (χ2v) is 4.16. The van der Waals surface area contributed by atoms with E-state index < -0.39 is 0 Å². The number of aromatic nitrogens is 1. The Morgan fingerprint density at radius 2 is 1.59 bits per heavy atom. The van der Waals surface area contributed by atoms with Gasteiger partial charge in [-0.2, -0.15) is 0 Å². The molecular weight excluding hydrogens is 210 g/mol. The van der Waals surface area contributed by atoms with E-state index in [0.717, 1.165) is 17.3 Å². The van der Waals surface area contributed by atoms with E-state index in [1.54, 1.807) is 0 Å². The molecule has 88 valence electrons. The van der Waals surface area contributed by atoms with Crippen LogP contribution in [0, 0.1) is 13.8 Å². The molecule has 0 fully saturated rings. The Labute approximate surface area is 102 Å². The number of benzene rings is 1. The van der Waals surface area contributed by atoms with Gasteiger partial charge in [0, 0.05) is 12.7 Å². The van der Waals surface area contributed by atoms with Gasteiger partial charge in [-0.3, -0.25) is 0 Å². The first-order valence-corrected chi connectivity index (χ1v) is 5.67. The summed E-state index contributed by atoms with van der Waals surface area (Å²) >= 11 is 0. The number of hydrogen-bond acceptors (Lipinski definition) is 3. The van der Waals surface area contributed by atoms with Crippen molar-refractivity contribution in [2.45, 2.75) is 13.8 Å². The molecule has 0 bridgehead atoms. The van der Waals surface area contributed by atoms with Gasteiger partial charge in [-0.25, -0.2) is 4.98 Å². The highest BCUT2D eigenvalue weighted by Crippen LogP contribution is 2.19. The third kappa shape index (κ3) is 2.97. The van der Waals surface area contributed by atoms with Crippen molar-refractivity contribution in [2.24, 2.45) is 0 Å². The lowest BCUT2D eigenvalue weighted by atomic mass is 10.1. The molecule has 0 saturated carbocycles. The molecule has 0 aliphatic carbocycles. The lowest BCUT2D eigenvalue weighted by molar-refractivity contribution is 1.27. The molecule has 0 radical (unpaired) electrons. The Kier molecular flexibility index (Phi) is 3.28. The van der Waals surface area contributed by atoms with E-state index in [-0.39, 0.29) is 0 Å². The van der Waals surface area contributed by atoms with Crippen LogP contribution in [0.15, 0.2) is 36.4 Å². The fraction of sp³-hybridized carbons (Fsp3) is 0.214. The van der Waals surface area contributed by atoms with Crippen LogP contribution < -0.4 is 10.6 Å². The van der Waals surface area contributed by atoms with Gasteiger partial charge in [-0.15, -0.1) is 0 Å². The number of aryl methyl sites for hydroxylation is 2. The predicted octanol–water partition coefficient (Wildman–Crippen LogP) is 3.48. The summed E-state index contributed by atoms with van der Waals surface area (Å²) in [6.45, 7) is 4.19. The van der Waals surface area contributed by atoms with Gasteiger partial charge < -0.3 is 10.6 Å². The first-order chi connectivity index (χ1) is 8.17. The fourth-order valence-corrected chi connectivity index (χ4v) is 1.84. The van der Waals surface area contributed by atoms with Gasteiger partial charge in [0.05, 0.1) is 0 Å². The van der Waals surface area contributed by atoms with Crippen molar-refractivity contribution in [3.8, 4) is 0 Å². The molecule has 0 atom stereocenters. The number of nitrogens with zero attached hydrogens (tertiary/aromatic N) is 1. The molecule has 3 nitrogen and oxygen atoms in total. The normalized spacial score (nSPS) is 10.1. The fourth-order valence-electron chi connectivity index (χ4n) is 1.84. The first-order valence-electron chi connectivity index (χ1n) is 5.67. The minimum absolute atomic E-state index is 0.849. The summed E-state index contributed by atoms with van der Waals surface area (Å²) in [7, 11) is 1.86. The van der Waals surface area contributed by atoms with Gasteiger partial charge in [0.2, 0.25) is 0 Å². The first kappa shape index (κ1) is 11.5. The highest BCUT2D eigenvalue weighted by atomic mass is 15.0. The SMILES string of the molecule is CNc1cccc(Nc2cc(C)cc(C)c2)n1. The van der Waals surface area contributed by atoms with Gasteiger partial charge in [-0.1, -0.05) is 12.1 Å². The van der Waals surface area contributed by atoms with Crippen molar-refractivity contribution in [1.82, 2.24) is 4.98 Å². The summed E-state index contributed by atoms with van der Waals surface area (Å²) in [5.74, 6) is 1.71. The van der Waals surface area contributed by atoms with Crippen LogP contribution >= 0.6 is 0 Å². The van der Waals surface area contributed by atoms with E-state index in [1.807, 2.05) is 25.2 Å². The van der Waals surface area contributed by atoms with Crippen LogP contribution in [0.4, 0.5) is 17.3 Å². The molecule has 0 amide bonds. The van der Waals surface area contributed by atoms with Crippen LogP contribution in [0.3, 0.4) is 0 Å². The van der Waals surface area contributed by atoms with Crippen LogP contribution in [0.2, 0.25) is 0 Å². The Bertz CT molecular complexity index is 500. The molecule has 2 aromatic rings. The Balaban J connectivity index is 2.24. The minimum Gasteiger partial charge on any atom is -0.373 e. The van der Waals surface area contributed by atoms with Crippen LogP contribution in [0.1, 0.15) is 11.1 Å². The van der Waals surface area contributed by atoms with E-state index in [2.05, 4.69) is 47.7 Å². The number of nitrogens with one attached hydrogen (secondary N) is 2. The maximum absolute atomic E-state index is 4.42. The summed E-state index contributed by atoms with van der Waals surface area (Å²) < 4.78 is 0. The largest absolute Gasteiger partial charge is 0.373 e. The van der Waals surface area contributed by atoms with E-state index in [1.165, 1.54) is 11.1 Å². The van der Waals surface area contributed by atoms with E-state index in [9.17, 15) is 0 Å². The highest BCUT2D eigenvalue weighted by molar-refractivity contribution is 5.59. The van der Waals surface area contributed by atoms with Gasteiger partial charge in [0.1, 0.15) is 11.6 Å². The summed E-state index contributed by atoms with van der Waals surface area (Å²) in [6.07, 6.45) is 0. The predicted molar refractivity (Wildman–Crippen MR) is 73.0 cm³/mol. The second-order valence-electron chi connectivity index (χ2n) is 4.16. The number of anilines is 3. The Morgan fingerprint density at radius 1 is 0.941 bits per heavy atom. The Hall–Kier alpha value is -2.03. The van der Waals surface area contributed by atoms with Gasteiger partial charge >= 0.3 is 0 Å². The second kappa shape index (κ2) is 4.87. The molecule has 0 saturated heterocycles. The maximum atomic E-state index is 4.42. The lowest BCUT2D eigenvalue weighted by Gasteiger charge is -2.09. The average Bonchev–Trinajstić information content (AvgIpc) is 2.28. The highest BCUT2D eigenvalue weighted by Gasteiger charge is 1.99. The summed E-state index contributed by atoms with van der Waals surface area (Å²) in [5, 5.41) is 6.33. The monoisotopic (exact) mass is 227 g/mol. The third-order valence-electron chi connectivity index (χ3n) is 2.50. The molecule has 0 aliphatic rings. The van der Waals surface area contributed by atoms with Gasteiger partial charge in [-0.05, 0) is 49.2 Å². The van der Waals surface area contributed by atoms with E-state index in [0.29, 0.717) is 0 Å². The smallest absolute Gasteiger partial charge is 0.132 e. The summed E-state index contributed by atoms with van der Waals surface area (Å²) in [4.78, 5) is 4.42. The molecule has 1 aromatic heterocycles. The number of rotatable bonds is 3. The van der Waals surface area contributed by atoms with E-state index in [4.69, 9.17) is 0 Å². The van der Waals surface area contributed by atoms with Crippen molar-refractivity contribution < 1.29 is 0 Å². The Morgan fingerprint density at radius 3 is 2.24 bits per heavy atom. The lowest BCUT2D eigenvalue weighted by Crippen LogP contribution is -1.97. The molecule has 2 N–H and O–H groups in total. The zero-order valence-electron chi connectivity index (χ0n) is 10.4. The molecule has 2 rings (SSSR count). The van der Waals surface area contributed by atoms with E-state index >= 15 is 0 Å². The topological polar surface area (TPSA) is 37.0 Å². The zero-order valence-corrected chi connectivity index (χ0v) is 10.4. The molecule has 3 heteroatoms. The summed E-state index contributed by atoms with van der Waals surface area (Å²) in [5.41, 5.74) is 3.57. The van der Waals surface area contributed by atoms with Crippen molar-refractivity contribution in [3.05, 3.63) is 47.5 Å². The zero-order chi connectivity index (χ0) is 12.3. The molecule has 0 unspecified atom stereocenters. The number of pyridine rings is 1. The van der Waals surface area contributed by atoms with Gasteiger partial charge in [0.15, 0.2) is 0 Å². The molecule has 0 aliphatic heterocycles. The van der Waals surface area contributed by atoms with Crippen LogP contribution in [-0.2, 0) is 0 Å². The third-order valence-corrected chi connectivity index (χ3v) is 2.50. The van der Waals surface area contributed by atoms with Crippen molar-refractivity contribution >= 4 is 17.3 Å². The molecular formula is C14H17N3. The summed E-state index contributed by atoms with van der Waals surface area (Å²) in [6, 6.07) is 12.2. The molecule has 1 heterocycles. The minimum atomic E-state index is 0.849. The van der Waals surface area contributed by atoms with Gasteiger partial charge in [0.25, 0.3) is 0 Å². The molecule has 1 aromatic carbocycles. The van der Waals surface area contributed by atoms with Crippen molar-refractivity contribution in [3.63, 3.8) is 0 Å². The quantitative estimate of drug-likeness (QED) is 0.842. The average molecular weight is 227 g/mol. The molecule has 17 heavy (non-hydrogen) atoms. The number of hydrogen-bond donors (Lipinski definition) is 2. The maximum Gasteiger partial charge on any atom is 0.132 e. The van der Waals surface area contributed by atoms with Crippen molar-refractivity contribution in [2.75, 3.05) is 17.7 Å². The van der Waals surface area contributed by atoms with Crippen molar-refractivity contribution in [1.29, 1.82) is 0 Å². The van der Waals surface area contributed by atoms with Crippen LogP contribution in [-0.4, -0.2) is 12.0 Å². The van der Waals surface area contributed by atoms with Crippen LogP contribution in [0.5, 0.6) is 0 Å². The van der Waals surface area contributed by atoms with Crippen LogP contribution in [0.25, 0.3) is 0 Å². The standard InChI is InChI=1S/C14H17N3/c1-10-7-11(2)9-12(8-10)16-14-6-4-5-13(15-3)17-14/h4-9H,1-3H3,(H2,15,16,17).